The molecule has 0 N–H and O–H groups in total. The molecule has 3 nitrogen and oxygen atoms in total. The van der Waals surface area contributed by atoms with Gasteiger partial charge in [0.2, 0.25) is 0 Å². The Kier molecular flexibility index (Phi) is 6.41. The molecule has 1 rings (SSSR count). The van der Waals surface area contributed by atoms with Gasteiger partial charge in [-0.05, 0) is 45.1 Å². The molecule has 19 heavy (non-hydrogen) atoms. The van der Waals surface area contributed by atoms with E-state index in [1.165, 1.54) is 13.8 Å². The molecule has 1 aliphatic rings. The molecule has 0 aliphatic heterocycles. The van der Waals surface area contributed by atoms with E-state index in [4.69, 9.17) is 0 Å². The molecule has 110 valence electrons. The zero-order chi connectivity index (χ0) is 14.4. The molecule has 0 aromatic rings. The Morgan fingerprint density at radius 1 is 1.21 bits per heavy atom. The highest BCUT2D eigenvalue weighted by Crippen LogP contribution is 2.62. The van der Waals surface area contributed by atoms with E-state index >= 15 is 0 Å². The van der Waals surface area contributed by atoms with Gasteiger partial charge in [0.1, 0.15) is 0 Å². The van der Waals surface area contributed by atoms with Crippen molar-refractivity contribution < 1.29 is 22.4 Å². The van der Waals surface area contributed by atoms with E-state index in [1.807, 2.05) is 0 Å². The van der Waals surface area contributed by atoms with Crippen molar-refractivity contribution in [3.8, 4) is 0 Å². The number of halogens is 2. The highest BCUT2D eigenvalue weighted by Gasteiger charge is 2.51. The molecular formula is C13H21F2O3P. The lowest BCUT2D eigenvalue weighted by Crippen LogP contribution is -2.17. The van der Waals surface area contributed by atoms with Crippen molar-refractivity contribution in [3.05, 3.63) is 17.4 Å². The van der Waals surface area contributed by atoms with Gasteiger partial charge in [0.25, 0.3) is 0 Å². The van der Waals surface area contributed by atoms with Crippen LogP contribution in [0, 0.1) is 0 Å². The zero-order valence-electron chi connectivity index (χ0n) is 11.5. The van der Waals surface area contributed by atoms with Crippen molar-refractivity contribution in [2.75, 3.05) is 13.2 Å². The summed E-state index contributed by atoms with van der Waals surface area (Å²) in [6.07, 6.45) is 5.23. The Bertz CT molecular complexity index is 383. The van der Waals surface area contributed by atoms with Gasteiger partial charge < -0.3 is 9.05 Å². The lowest BCUT2D eigenvalue weighted by Gasteiger charge is -2.22. The lowest BCUT2D eigenvalue weighted by atomic mass is 9.96. The summed E-state index contributed by atoms with van der Waals surface area (Å²) in [4.78, 5) is 0. The molecule has 0 bridgehead atoms. The van der Waals surface area contributed by atoms with Gasteiger partial charge in [-0.15, -0.1) is 5.73 Å². The molecule has 0 radical (unpaired) electrons. The first kappa shape index (κ1) is 16.6. The second-order valence-electron chi connectivity index (χ2n) is 4.37. The minimum Gasteiger partial charge on any atom is -0.304 e. The minimum absolute atomic E-state index is 0.0860. The standard InChI is InChI=1S/C13H21F2O3P/c1-3-17-19(16,18-4-2)13(14,15)11-10-12-8-6-5-7-9-12/h11H,3-9H2,1-2H3. The maximum Gasteiger partial charge on any atom is 0.404 e. The van der Waals surface area contributed by atoms with Gasteiger partial charge >= 0.3 is 13.3 Å². The van der Waals surface area contributed by atoms with Gasteiger partial charge in [-0.2, -0.15) is 8.78 Å². The smallest absolute Gasteiger partial charge is 0.304 e. The number of rotatable bonds is 6. The average molecular weight is 294 g/mol. The third-order valence-corrected chi connectivity index (χ3v) is 4.93. The fraction of sp³-hybridized carbons (Fsp3) is 0.769. The Morgan fingerprint density at radius 3 is 2.21 bits per heavy atom. The Balaban J connectivity index is 2.93. The van der Waals surface area contributed by atoms with Gasteiger partial charge in [0, 0.05) is 6.08 Å². The van der Waals surface area contributed by atoms with Crippen LogP contribution in [0.3, 0.4) is 0 Å². The third kappa shape index (κ3) is 4.54. The van der Waals surface area contributed by atoms with E-state index in [0.717, 1.165) is 37.7 Å². The number of hydrogen-bond donors (Lipinski definition) is 0. The van der Waals surface area contributed by atoms with Crippen LogP contribution in [0.1, 0.15) is 46.0 Å². The molecular weight excluding hydrogens is 273 g/mol. The fourth-order valence-electron chi connectivity index (χ4n) is 1.94. The van der Waals surface area contributed by atoms with Crippen LogP contribution in [0.25, 0.3) is 0 Å². The SMILES string of the molecule is CCOP(=O)(OCC)C(F)(F)C=C=C1CCCCC1. The molecule has 0 saturated heterocycles. The fourth-order valence-corrected chi connectivity index (χ4v) is 3.26. The zero-order valence-corrected chi connectivity index (χ0v) is 12.3. The molecule has 0 atom stereocenters. The molecule has 1 aliphatic carbocycles. The quantitative estimate of drug-likeness (QED) is 0.517. The van der Waals surface area contributed by atoms with Crippen LogP contribution in [-0.4, -0.2) is 18.9 Å². The monoisotopic (exact) mass is 294 g/mol. The van der Waals surface area contributed by atoms with Crippen molar-refractivity contribution in [2.24, 2.45) is 0 Å². The van der Waals surface area contributed by atoms with Crippen LogP contribution in [0.5, 0.6) is 0 Å². The van der Waals surface area contributed by atoms with E-state index < -0.39 is 13.3 Å². The molecule has 1 fully saturated rings. The Labute approximate surface area is 113 Å². The third-order valence-electron chi connectivity index (χ3n) is 2.87. The summed E-state index contributed by atoms with van der Waals surface area (Å²) in [6.45, 7) is 2.84. The first-order valence-corrected chi connectivity index (χ1v) is 8.22. The summed E-state index contributed by atoms with van der Waals surface area (Å²) >= 11 is 0. The Morgan fingerprint density at radius 2 is 1.74 bits per heavy atom. The summed E-state index contributed by atoms with van der Waals surface area (Å²) < 4.78 is 49.3. The number of allylic oxidation sites excluding steroid dienone is 1. The van der Waals surface area contributed by atoms with Gasteiger partial charge in [0.15, 0.2) is 0 Å². The predicted octanol–water partition coefficient (Wildman–Crippen LogP) is 4.89. The second-order valence-corrected chi connectivity index (χ2v) is 6.48. The van der Waals surface area contributed by atoms with E-state index in [-0.39, 0.29) is 13.2 Å². The van der Waals surface area contributed by atoms with Gasteiger partial charge in [-0.1, -0.05) is 6.42 Å². The molecule has 0 unspecified atom stereocenters. The maximum atomic E-state index is 14.0. The first-order valence-electron chi connectivity index (χ1n) is 6.68. The summed E-state index contributed by atoms with van der Waals surface area (Å²) in [7, 11) is -4.45. The summed E-state index contributed by atoms with van der Waals surface area (Å²) in [5.74, 6) is 0. The van der Waals surface area contributed by atoms with Crippen molar-refractivity contribution in [1.82, 2.24) is 0 Å². The molecule has 1 saturated carbocycles. The maximum absolute atomic E-state index is 14.0. The van der Waals surface area contributed by atoms with E-state index in [1.54, 1.807) is 0 Å². The van der Waals surface area contributed by atoms with Gasteiger partial charge in [0.05, 0.1) is 13.2 Å². The number of alkyl halides is 2. The van der Waals surface area contributed by atoms with Crippen LogP contribution in [0.15, 0.2) is 17.4 Å². The topological polar surface area (TPSA) is 35.5 Å². The molecule has 0 heterocycles. The summed E-state index contributed by atoms with van der Waals surface area (Å²) in [5.41, 5.74) is -0.189. The van der Waals surface area contributed by atoms with Crippen LogP contribution in [0.4, 0.5) is 8.78 Å². The van der Waals surface area contributed by atoms with Crippen LogP contribution in [-0.2, 0) is 13.6 Å². The highest BCUT2D eigenvalue weighted by molar-refractivity contribution is 7.55. The predicted molar refractivity (Wildman–Crippen MR) is 70.5 cm³/mol. The van der Waals surface area contributed by atoms with Crippen molar-refractivity contribution in [2.45, 2.75) is 51.6 Å². The lowest BCUT2D eigenvalue weighted by molar-refractivity contribution is 0.0794. The second kappa shape index (κ2) is 7.35. The molecule has 0 amide bonds. The largest absolute Gasteiger partial charge is 0.404 e. The van der Waals surface area contributed by atoms with E-state index in [0.29, 0.717) is 6.08 Å². The van der Waals surface area contributed by atoms with Gasteiger partial charge in [-0.3, -0.25) is 4.57 Å². The van der Waals surface area contributed by atoms with Crippen molar-refractivity contribution in [1.29, 1.82) is 0 Å². The van der Waals surface area contributed by atoms with Gasteiger partial charge in [-0.25, -0.2) is 0 Å². The summed E-state index contributed by atoms with van der Waals surface area (Å²) in [5, 5.41) is 0. The molecule has 0 aromatic heterocycles. The van der Waals surface area contributed by atoms with Crippen LogP contribution >= 0.6 is 7.60 Å². The minimum atomic E-state index is -4.45. The molecule has 0 spiro atoms. The van der Waals surface area contributed by atoms with E-state index in [2.05, 4.69) is 14.8 Å². The molecule has 0 aromatic carbocycles. The van der Waals surface area contributed by atoms with Crippen LogP contribution in [0.2, 0.25) is 0 Å². The van der Waals surface area contributed by atoms with Crippen LogP contribution < -0.4 is 0 Å². The van der Waals surface area contributed by atoms with E-state index in [9.17, 15) is 13.3 Å². The first-order chi connectivity index (χ1) is 8.95. The Hall–Kier alpha value is -0.470. The van der Waals surface area contributed by atoms with Crippen molar-refractivity contribution in [3.63, 3.8) is 0 Å². The normalized spacial score (nSPS) is 17.2. The highest BCUT2D eigenvalue weighted by atomic mass is 31.2. The average Bonchev–Trinajstić information content (AvgIpc) is 2.38. The summed E-state index contributed by atoms with van der Waals surface area (Å²) in [6, 6.07) is 0. The number of hydrogen-bond acceptors (Lipinski definition) is 3. The van der Waals surface area contributed by atoms with Crippen molar-refractivity contribution >= 4 is 7.60 Å². The molecule has 6 heteroatoms.